The van der Waals surface area contributed by atoms with E-state index in [1.165, 1.54) is 0 Å². The van der Waals surface area contributed by atoms with Crippen LogP contribution in [0.4, 0.5) is 0 Å². The van der Waals surface area contributed by atoms with E-state index in [1.807, 2.05) is 187 Å². The van der Waals surface area contributed by atoms with E-state index in [-0.39, 0.29) is 11.5 Å². The number of nitrogens with zero attached hydrogens (tertiary/aromatic N) is 7. The van der Waals surface area contributed by atoms with E-state index in [4.69, 9.17) is 24.9 Å². The van der Waals surface area contributed by atoms with Crippen molar-refractivity contribution in [2.24, 2.45) is 0 Å². The van der Waals surface area contributed by atoms with Crippen LogP contribution in [0.2, 0.25) is 0 Å². The third-order valence-electron chi connectivity index (χ3n) is 10.8. The zero-order valence-corrected chi connectivity index (χ0v) is 32.1. The summed E-state index contributed by atoms with van der Waals surface area (Å²) in [6.45, 7) is 0. The largest absolute Gasteiger partial charge is 0.283 e. The fraction of sp³-hybridized carbons (Fsp3) is 0. The van der Waals surface area contributed by atoms with Crippen LogP contribution in [0.5, 0.6) is 0 Å². The fourth-order valence-corrected chi connectivity index (χ4v) is 8.16. The van der Waals surface area contributed by atoms with Crippen molar-refractivity contribution in [2.75, 3.05) is 0 Å². The molecule has 4 heterocycles. The van der Waals surface area contributed by atoms with Gasteiger partial charge in [0, 0.05) is 38.4 Å². The minimum atomic E-state index is -0.322. The molecule has 0 unspecified atom stereocenters. The van der Waals surface area contributed by atoms with Crippen LogP contribution >= 0.6 is 0 Å². The predicted molar refractivity (Wildman–Crippen MR) is 240 cm³/mol. The molecule has 0 aliphatic carbocycles. The van der Waals surface area contributed by atoms with Gasteiger partial charge in [-0.05, 0) is 23.3 Å². The average Bonchev–Trinajstić information content (AvgIpc) is 3.68. The minimum absolute atomic E-state index is 0.248. The van der Waals surface area contributed by atoms with Crippen LogP contribution in [0, 0.1) is 0 Å². The Bertz CT molecular complexity index is 3370. The Hall–Kier alpha value is -8.36. The van der Waals surface area contributed by atoms with Crippen LogP contribution in [0.15, 0.2) is 205 Å². The van der Waals surface area contributed by atoms with Crippen LogP contribution in [0.3, 0.4) is 0 Å². The van der Waals surface area contributed by atoms with Crippen molar-refractivity contribution in [1.82, 2.24) is 34.1 Å². The summed E-state index contributed by atoms with van der Waals surface area (Å²) in [7, 11) is 0. The summed E-state index contributed by atoms with van der Waals surface area (Å²) in [6, 6.07) is 66.0. The first kappa shape index (κ1) is 34.9. The molecule has 0 atom stereocenters. The SMILES string of the molecule is O=c1c2c(c(-c3ccccc3)c(-c3ccccc3)n1-c1nc(-c3ccccc3)c3ccccc3n1)c1ccccc1n2-c1nc(-c2ccccc2)nc(-c2ccccc2)n1. The van der Waals surface area contributed by atoms with Gasteiger partial charge in [0.25, 0.3) is 5.56 Å². The van der Waals surface area contributed by atoms with E-state index in [9.17, 15) is 0 Å². The van der Waals surface area contributed by atoms with Crippen LogP contribution in [-0.2, 0) is 0 Å². The molecule has 282 valence electrons. The smallest absolute Gasteiger partial charge is 0.272 e. The number of pyridine rings is 1. The third kappa shape index (κ3) is 5.85. The summed E-state index contributed by atoms with van der Waals surface area (Å²) in [5, 5.41) is 2.52. The predicted octanol–water partition coefficient (Wildman–Crippen LogP) is 11.4. The Morgan fingerprint density at radius 1 is 0.367 bits per heavy atom. The molecule has 0 spiro atoms. The van der Waals surface area contributed by atoms with E-state index in [2.05, 4.69) is 18.2 Å². The highest BCUT2D eigenvalue weighted by atomic mass is 16.1. The van der Waals surface area contributed by atoms with Gasteiger partial charge in [-0.2, -0.15) is 9.97 Å². The van der Waals surface area contributed by atoms with Gasteiger partial charge in [-0.25, -0.2) is 19.5 Å². The van der Waals surface area contributed by atoms with Crippen molar-refractivity contribution in [1.29, 1.82) is 0 Å². The molecular weight excluding hydrogens is 739 g/mol. The Balaban J connectivity index is 1.35. The van der Waals surface area contributed by atoms with Crippen LogP contribution in [0.1, 0.15) is 0 Å². The molecule has 0 amide bonds. The van der Waals surface area contributed by atoms with Gasteiger partial charge in [-0.1, -0.05) is 188 Å². The Morgan fingerprint density at radius 3 is 1.43 bits per heavy atom. The van der Waals surface area contributed by atoms with Gasteiger partial charge >= 0.3 is 0 Å². The molecular formula is C52H33N7O. The molecule has 4 aromatic heterocycles. The van der Waals surface area contributed by atoms with E-state index < -0.39 is 0 Å². The summed E-state index contributed by atoms with van der Waals surface area (Å²) in [6.07, 6.45) is 0. The maximum atomic E-state index is 16.2. The van der Waals surface area contributed by atoms with Gasteiger partial charge in [-0.3, -0.25) is 9.36 Å². The third-order valence-corrected chi connectivity index (χ3v) is 10.8. The van der Waals surface area contributed by atoms with Crippen LogP contribution in [0.25, 0.3) is 101 Å². The molecule has 8 heteroatoms. The van der Waals surface area contributed by atoms with Crippen molar-refractivity contribution in [2.45, 2.75) is 0 Å². The van der Waals surface area contributed by atoms with Crippen molar-refractivity contribution in [3.05, 3.63) is 211 Å². The standard InChI is InChI=1S/C52H33N7O/c60-50-47-44(40-31-17-19-33-42(40)58(47)52-56-48(37-26-12-4-13-27-37)55-49(57-52)38-28-14-5-15-29-38)43(34-20-6-1-7-21-34)46(36-24-10-3-11-25-36)59(50)51-53-41-32-18-16-30-39(41)45(54-51)35-22-8-2-9-23-35/h1-33H. The number of fused-ring (bicyclic) bond motifs is 4. The number of aromatic nitrogens is 7. The first-order valence-electron chi connectivity index (χ1n) is 19.7. The lowest BCUT2D eigenvalue weighted by Crippen LogP contribution is -2.25. The second-order valence-corrected chi connectivity index (χ2v) is 14.4. The molecule has 11 aromatic rings. The second-order valence-electron chi connectivity index (χ2n) is 14.4. The number of rotatable bonds is 7. The lowest BCUT2D eigenvalue weighted by atomic mass is 9.94. The van der Waals surface area contributed by atoms with Gasteiger partial charge in [0.2, 0.25) is 11.9 Å². The molecule has 11 rings (SSSR count). The summed E-state index contributed by atoms with van der Waals surface area (Å²) in [4.78, 5) is 41.9. The van der Waals surface area contributed by atoms with E-state index in [1.54, 1.807) is 4.57 Å². The molecule has 60 heavy (non-hydrogen) atoms. The van der Waals surface area contributed by atoms with E-state index >= 15 is 4.79 Å². The van der Waals surface area contributed by atoms with Crippen molar-refractivity contribution < 1.29 is 0 Å². The van der Waals surface area contributed by atoms with Gasteiger partial charge < -0.3 is 0 Å². The monoisotopic (exact) mass is 771 g/mol. The number of hydrogen-bond acceptors (Lipinski definition) is 6. The second kappa shape index (κ2) is 14.5. The molecule has 0 aliphatic heterocycles. The minimum Gasteiger partial charge on any atom is -0.272 e. The maximum absolute atomic E-state index is 16.2. The molecule has 0 radical (unpaired) electrons. The van der Waals surface area contributed by atoms with E-state index in [0.717, 1.165) is 60.8 Å². The summed E-state index contributed by atoms with van der Waals surface area (Å²) in [5.74, 6) is 1.53. The Labute approximate surface area is 344 Å². The molecule has 7 aromatic carbocycles. The first-order valence-corrected chi connectivity index (χ1v) is 19.7. The molecule has 0 saturated heterocycles. The van der Waals surface area contributed by atoms with Gasteiger partial charge in [-0.15, -0.1) is 0 Å². The van der Waals surface area contributed by atoms with Gasteiger partial charge in [0.1, 0.15) is 5.52 Å². The fourth-order valence-electron chi connectivity index (χ4n) is 8.16. The lowest BCUT2D eigenvalue weighted by molar-refractivity contribution is 0.900. The molecule has 8 nitrogen and oxygen atoms in total. The van der Waals surface area contributed by atoms with Gasteiger partial charge in [0.15, 0.2) is 11.6 Å². The molecule has 0 fully saturated rings. The molecule has 0 bridgehead atoms. The topological polar surface area (TPSA) is 91.4 Å². The number of hydrogen-bond donors (Lipinski definition) is 0. The summed E-state index contributed by atoms with van der Waals surface area (Å²) in [5.41, 5.74) is 8.12. The highest BCUT2D eigenvalue weighted by molar-refractivity contribution is 6.18. The van der Waals surface area contributed by atoms with E-state index in [0.29, 0.717) is 34.3 Å². The summed E-state index contributed by atoms with van der Waals surface area (Å²) >= 11 is 0. The first-order chi connectivity index (χ1) is 29.7. The lowest BCUT2D eigenvalue weighted by Gasteiger charge is -2.20. The maximum Gasteiger partial charge on any atom is 0.283 e. The summed E-state index contributed by atoms with van der Waals surface area (Å²) < 4.78 is 3.58. The molecule has 0 saturated carbocycles. The van der Waals surface area contributed by atoms with Crippen molar-refractivity contribution in [3.63, 3.8) is 0 Å². The highest BCUT2D eigenvalue weighted by Gasteiger charge is 2.29. The van der Waals surface area contributed by atoms with Crippen LogP contribution < -0.4 is 5.56 Å². The zero-order chi connectivity index (χ0) is 40.0. The molecule has 0 aliphatic rings. The number of benzene rings is 7. The highest BCUT2D eigenvalue weighted by Crippen LogP contribution is 2.43. The van der Waals surface area contributed by atoms with Crippen molar-refractivity contribution in [3.8, 4) is 68.3 Å². The Kier molecular flexibility index (Phi) is 8.45. The quantitative estimate of drug-likeness (QED) is 0.160. The van der Waals surface area contributed by atoms with Crippen LogP contribution in [-0.4, -0.2) is 34.1 Å². The van der Waals surface area contributed by atoms with Gasteiger partial charge in [0.05, 0.1) is 22.4 Å². The Morgan fingerprint density at radius 2 is 0.833 bits per heavy atom. The zero-order valence-electron chi connectivity index (χ0n) is 32.1. The number of para-hydroxylation sites is 2. The average molecular weight is 772 g/mol. The normalized spacial score (nSPS) is 11.4. The van der Waals surface area contributed by atoms with Crippen molar-refractivity contribution >= 4 is 32.7 Å². The molecule has 0 N–H and O–H groups in total.